The minimum absolute atomic E-state index is 0.202. The van der Waals surface area contributed by atoms with Gasteiger partial charge in [0.05, 0.1) is 10.7 Å². The van der Waals surface area contributed by atoms with Crippen molar-refractivity contribution in [2.45, 2.75) is 11.8 Å². The van der Waals surface area contributed by atoms with Gasteiger partial charge in [-0.25, -0.2) is 0 Å². The van der Waals surface area contributed by atoms with E-state index >= 15 is 0 Å². The van der Waals surface area contributed by atoms with Crippen LogP contribution in [0.3, 0.4) is 0 Å². The van der Waals surface area contributed by atoms with Crippen LogP contribution in [0.15, 0.2) is 106 Å². The third kappa shape index (κ3) is 3.43. The zero-order valence-corrected chi connectivity index (χ0v) is 18.6. The highest BCUT2D eigenvalue weighted by atomic mass is 32.2. The van der Waals surface area contributed by atoms with Gasteiger partial charge in [-0.2, -0.15) is 0 Å². The number of anilines is 1. The van der Waals surface area contributed by atoms with Crippen LogP contribution in [0, 0.1) is 6.92 Å². The highest BCUT2D eigenvalue weighted by molar-refractivity contribution is 8.03. The van der Waals surface area contributed by atoms with Crippen LogP contribution in [-0.4, -0.2) is 18.6 Å². The van der Waals surface area contributed by atoms with E-state index in [-0.39, 0.29) is 17.1 Å². The first-order chi connectivity index (χ1) is 15.5. The molecule has 0 bridgehead atoms. The van der Waals surface area contributed by atoms with E-state index in [1.54, 1.807) is 24.3 Å². The summed E-state index contributed by atoms with van der Waals surface area (Å²) in [5.74, 6) is -0.520. The molecule has 4 aromatic carbocycles. The van der Waals surface area contributed by atoms with Gasteiger partial charge in [-0.1, -0.05) is 102 Å². The van der Waals surface area contributed by atoms with Crippen LogP contribution in [0.1, 0.15) is 26.3 Å². The number of allylic oxidation sites excluding steroid dienone is 1. The molecule has 0 spiro atoms. The average molecular weight is 436 g/mol. The number of carbonyl (C=O) groups is 2. The summed E-state index contributed by atoms with van der Waals surface area (Å²) in [6.45, 7) is 1.98. The van der Waals surface area contributed by atoms with Crippen molar-refractivity contribution in [1.29, 1.82) is 0 Å². The van der Waals surface area contributed by atoms with E-state index in [0.29, 0.717) is 16.2 Å². The number of benzene rings is 4. The predicted molar refractivity (Wildman–Crippen MR) is 132 cm³/mol. The summed E-state index contributed by atoms with van der Waals surface area (Å²) in [6.07, 6.45) is 0. The van der Waals surface area contributed by atoms with Crippen molar-refractivity contribution in [2.75, 3.05) is 11.9 Å². The molecule has 1 heterocycles. The minimum Gasteiger partial charge on any atom is -0.337 e. The molecule has 0 aromatic heterocycles. The predicted octanol–water partition coefficient (Wildman–Crippen LogP) is 6.67. The molecule has 156 valence electrons. The minimum atomic E-state index is -0.261. The molecule has 0 atom stereocenters. The van der Waals surface area contributed by atoms with Crippen LogP contribution in [-0.2, 0) is 0 Å². The highest BCUT2D eigenvalue weighted by Gasteiger charge is 2.33. The van der Waals surface area contributed by atoms with Crippen molar-refractivity contribution >= 4 is 39.8 Å². The van der Waals surface area contributed by atoms with Gasteiger partial charge in [0.15, 0.2) is 11.6 Å². The number of rotatable bonds is 4. The molecular weight excluding hydrogens is 414 g/mol. The molecule has 0 N–H and O–H groups in total. The largest absolute Gasteiger partial charge is 0.337 e. The Morgan fingerprint density at radius 2 is 1.34 bits per heavy atom. The van der Waals surface area contributed by atoms with Crippen LogP contribution < -0.4 is 4.90 Å². The Kier molecular flexibility index (Phi) is 5.16. The molecule has 0 unspecified atom stereocenters. The Morgan fingerprint density at radius 1 is 0.719 bits per heavy atom. The first-order valence-corrected chi connectivity index (χ1v) is 11.2. The van der Waals surface area contributed by atoms with Gasteiger partial charge in [0.2, 0.25) is 0 Å². The van der Waals surface area contributed by atoms with Crippen LogP contribution in [0.4, 0.5) is 5.69 Å². The van der Waals surface area contributed by atoms with Crippen molar-refractivity contribution in [3.8, 4) is 0 Å². The van der Waals surface area contributed by atoms with Crippen molar-refractivity contribution in [3.63, 3.8) is 0 Å². The van der Waals surface area contributed by atoms with Crippen LogP contribution in [0.5, 0.6) is 0 Å². The SMILES string of the molecule is Cc1ccc(C(=O)/C(C(=O)c2ccccc2)=C2\Sc3ccc4ccccc4c3N2C)cc1. The summed E-state index contributed by atoms with van der Waals surface area (Å²) in [5, 5.41) is 2.89. The second-order valence-electron chi connectivity index (χ2n) is 7.86. The standard InChI is InChI=1S/C28H21NO2S/c1-18-12-14-21(15-13-18)27(31)24(26(30)20-9-4-3-5-10-20)28-29(2)25-22-11-7-6-8-19(22)16-17-23(25)32-28/h3-17H,1-2H3/b28-24-. The van der Waals surface area contributed by atoms with Gasteiger partial charge in [-0.15, -0.1) is 0 Å². The monoisotopic (exact) mass is 435 g/mol. The summed E-state index contributed by atoms with van der Waals surface area (Å²) < 4.78 is 0. The quantitative estimate of drug-likeness (QED) is 0.155. The van der Waals surface area contributed by atoms with Gasteiger partial charge in [0.25, 0.3) is 0 Å². The van der Waals surface area contributed by atoms with Gasteiger partial charge in [-0.05, 0) is 18.4 Å². The van der Waals surface area contributed by atoms with Crippen molar-refractivity contribution in [2.24, 2.45) is 0 Å². The lowest BCUT2D eigenvalue weighted by Crippen LogP contribution is -2.22. The molecule has 0 aliphatic carbocycles. The Labute approximate surface area is 191 Å². The number of hydrogen-bond donors (Lipinski definition) is 0. The van der Waals surface area contributed by atoms with Gasteiger partial charge >= 0.3 is 0 Å². The van der Waals surface area contributed by atoms with E-state index in [4.69, 9.17) is 0 Å². The zero-order chi connectivity index (χ0) is 22.2. The summed E-state index contributed by atoms with van der Waals surface area (Å²) in [6, 6.07) is 28.7. The molecule has 0 fully saturated rings. The van der Waals surface area contributed by atoms with E-state index < -0.39 is 0 Å². The number of thioether (sulfide) groups is 1. The number of aryl methyl sites for hydroxylation is 1. The third-order valence-corrected chi connectivity index (χ3v) is 6.95. The Hall–Kier alpha value is -3.63. The number of fused-ring (bicyclic) bond motifs is 3. The van der Waals surface area contributed by atoms with Crippen molar-refractivity contribution in [1.82, 2.24) is 0 Å². The molecule has 4 heteroatoms. The lowest BCUT2D eigenvalue weighted by molar-refractivity contribution is 0.0961. The normalized spacial score (nSPS) is 14.4. The maximum atomic E-state index is 13.7. The van der Waals surface area contributed by atoms with E-state index in [1.165, 1.54) is 11.8 Å². The van der Waals surface area contributed by atoms with Gasteiger partial charge in [-0.3, -0.25) is 9.59 Å². The van der Waals surface area contributed by atoms with E-state index in [1.807, 2.05) is 61.3 Å². The number of ketones is 2. The molecule has 4 aromatic rings. The summed E-state index contributed by atoms with van der Waals surface area (Å²) in [5.41, 5.74) is 3.31. The molecule has 1 aliphatic heterocycles. The smallest absolute Gasteiger partial charge is 0.199 e. The summed E-state index contributed by atoms with van der Waals surface area (Å²) >= 11 is 1.48. The molecule has 0 amide bonds. The fourth-order valence-corrected chi connectivity index (χ4v) is 5.24. The zero-order valence-electron chi connectivity index (χ0n) is 17.8. The van der Waals surface area contributed by atoms with Crippen molar-refractivity contribution < 1.29 is 9.59 Å². The number of hydrogen-bond acceptors (Lipinski definition) is 4. The highest BCUT2D eigenvalue weighted by Crippen LogP contribution is 2.50. The maximum absolute atomic E-state index is 13.7. The van der Waals surface area contributed by atoms with Gasteiger partial charge < -0.3 is 4.90 Å². The summed E-state index contributed by atoms with van der Waals surface area (Å²) in [7, 11) is 1.93. The lowest BCUT2D eigenvalue weighted by Gasteiger charge is -2.19. The molecule has 0 saturated heterocycles. The van der Waals surface area contributed by atoms with Crippen LogP contribution >= 0.6 is 11.8 Å². The third-order valence-electron chi connectivity index (χ3n) is 5.73. The lowest BCUT2D eigenvalue weighted by atomic mass is 9.95. The van der Waals surface area contributed by atoms with Crippen LogP contribution in [0.25, 0.3) is 10.8 Å². The van der Waals surface area contributed by atoms with Crippen molar-refractivity contribution in [3.05, 3.63) is 118 Å². The van der Waals surface area contributed by atoms with E-state index in [2.05, 4.69) is 24.3 Å². The fourth-order valence-electron chi connectivity index (χ4n) is 4.04. The molecule has 32 heavy (non-hydrogen) atoms. The molecule has 3 nitrogen and oxygen atoms in total. The number of nitrogens with zero attached hydrogens (tertiary/aromatic N) is 1. The first-order valence-electron chi connectivity index (χ1n) is 10.4. The molecular formula is C28H21NO2S. The Bertz CT molecular complexity index is 1390. The Balaban J connectivity index is 1.70. The second-order valence-corrected chi connectivity index (χ2v) is 8.90. The molecule has 5 rings (SSSR count). The van der Waals surface area contributed by atoms with E-state index in [0.717, 1.165) is 26.9 Å². The molecule has 0 radical (unpaired) electrons. The average Bonchev–Trinajstić information content (AvgIpc) is 3.16. The number of carbonyl (C=O) groups excluding carboxylic acids is 2. The molecule has 0 saturated carbocycles. The summed E-state index contributed by atoms with van der Waals surface area (Å²) in [4.78, 5) is 30.4. The van der Waals surface area contributed by atoms with Gasteiger partial charge in [0.1, 0.15) is 5.57 Å². The number of Topliss-reactive ketones (excluding diaryl/α,β-unsaturated/α-hetero) is 2. The topological polar surface area (TPSA) is 37.4 Å². The maximum Gasteiger partial charge on any atom is 0.199 e. The van der Waals surface area contributed by atoms with Gasteiger partial charge in [0, 0.05) is 28.5 Å². The van der Waals surface area contributed by atoms with Crippen LogP contribution in [0.2, 0.25) is 0 Å². The van der Waals surface area contributed by atoms with E-state index in [9.17, 15) is 9.59 Å². The molecule has 1 aliphatic rings. The first kappa shape index (κ1) is 20.3. The fraction of sp³-hybridized carbons (Fsp3) is 0.0714. The Morgan fingerprint density at radius 3 is 2.06 bits per heavy atom. The second kappa shape index (κ2) is 8.13.